The van der Waals surface area contributed by atoms with Crippen molar-refractivity contribution >= 4 is 27.7 Å². The van der Waals surface area contributed by atoms with Crippen LogP contribution in [0.15, 0.2) is 36.4 Å². The molecule has 0 spiro atoms. The number of carbonyl (C=O) groups is 2. The van der Waals surface area contributed by atoms with Gasteiger partial charge in [-0.15, -0.1) is 0 Å². The van der Waals surface area contributed by atoms with Crippen molar-refractivity contribution in [3.63, 3.8) is 0 Å². The number of aromatic nitrogens is 1. The molecule has 2 fully saturated rings. The number of benzene rings is 1. The number of amides is 1. The van der Waals surface area contributed by atoms with Crippen molar-refractivity contribution in [2.24, 2.45) is 5.92 Å². The van der Waals surface area contributed by atoms with E-state index in [0.717, 1.165) is 12.8 Å². The third kappa shape index (κ3) is 5.72. The molecule has 2 aliphatic rings. The summed E-state index contributed by atoms with van der Waals surface area (Å²) in [6.45, 7) is 2.57. The van der Waals surface area contributed by atoms with Crippen LogP contribution in [-0.2, 0) is 25.3 Å². The van der Waals surface area contributed by atoms with E-state index in [2.05, 4.69) is 15.8 Å². The average Bonchev–Trinajstić information content (AvgIpc) is 3.63. The summed E-state index contributed by atoms with van der Waals surface area (Å²) in [7, 11) is -3.79. The largest absolute Gasteiger partial charge is 0.459 e. The first-order valence-corrected chi connectivity index (χ1v) is 12.9. The molecule has 0 unspecified atom stereocenters. The number of carbonyl (C=O) groups excluding carboxylic acids is 2. The second-order valence-corrected chi connectivity index (χ2v) is 10.4. The molecule has 2 aromatic rings. The lowest BCUT2D eigenvalue weighted by Gasteiger charge is -2.32. The minimum absolute atomic E-state index is 0.0428. The summed E-state index contributed by atoms with van der Waals surface area (Å²) in [5.41, 5.74) is 1.63. The Morgan fingerprint density at radius 3 is 2.47 bits per heavy atom. The van der Waals surface area contributed by atoms with Crippen LogP contribution in [0.5, 0.6) is 0 Å². The van der Waals surface area contributed by atoms with Gasteiger partial charge in [0.2, 0.25) is 15.9 Å². The molecule has 178 valence electrons. The maximum absolute atomic E-state index is 12.6. The Morgan fingerprint density at radius 2 is 1.85 bits per heavy atom. The normalized spacial score (nSPS) is 16.5. The number of piperidine rings is 1. The van der Waals surface area contributed by atoms with Crippen LogP contribution in [0.2, 0.25) is 0 Å². The molecule has 34 heavy (non-hydrogen) atoms. The van der Waals surface area contributed by atoms with Crippen LogP contribution in [-0.4, -0.2) is 44.5 Å². The van der Waals surface area contributed by atoms with Crippen LogP contribution in [0, 0.1) is 24.2 Å². The van der Waals surface area contributed by atoms with E-state index in [4.69, 9.17) is 4.74 Å². The van der Waals surface area contributed by atoms with Crippen LogP contribution in [0.25, 0.3) is 0 Å². The number of hydrogen-bond acceptors (Lipinski definition) is 8. The summed E-state index contributed by atoms with van der Waals surface area (Å²) in [6.07, 6.45) is 2.52. The van der Waals surface area contributed by atoms with E-state index in [1.54, 1.807) is 37.3 Å². The molecule has 10 heteroatoms. The highest BCUT2D eigenvalue weighted by Crippen LogP contribution is 2.29. The van der Waals surface area contributed by atoms with Gasteiger partial charge in [0.05, 0.1) is 22.6 Å². The van der Waals surface area contributed by atoms with Gasteiger partial charge in [0.15, 0.2) is 0 Å². The van der Waals surface area contributed by atoms with Gasteiger partial charge in [0, 0.05) is 19.0 Å². The molecule has 0 atom stereocenters. The maximum Gasteiger partial charge on any atom is 0.340 e. The Hall–Kier alpha value is -3.45. The second-order valence-electron chi connectivity index (χ2n) is 8.68. The molecule has 1 N–H and O–H groups in total. The zero-order valence-corrected chi connectivity index (χ0v) is 19.7. The van der Waals surface area contributed by atoms with Crippen LogP contribution >= 0.6 is 0 Å². The van der Waals surface area contributed by atoms with Crippen molar-refractivity contribution in [1.29, 1.82) is 5.26 Å². The minimum atomic E-state index is -3.79. The molecule has 1 aromatic heterocycles. The van der Waals surface area contributed by atoms with E-state index >= 15 is 0 Å². The van der Waals surface area contributed by atoms with Gasteiger partial charge in [-0.05, 0) is 44.2 Å². The number of ether oxygens (including phenoxy) is 1. The quantitative estimate of drug-likeness (QED) is 0.596. The number of sulfonamides is 1. The van der Waals surface area contributed by atoms with Gasteiger partial charge in [0.25, 0.3) is 0 Å². The Morgan fingerprint density at radius 1 is 1.18 bits per heavy atom. The second kappa shape index (κ2) is 9.81. The molecule has 1 aromatic carbocycles. The molecule has 0 bridgehead atoms. The number of rotatable bonds is 7. The number of anilines is 1. The van der Waals surface area contributed by atoms with Gasteiger partial charge in [-0.3, -0.25) is 9.52 Å². The third-order valence-corrected chi connectivity index (χ3v) is 7.18. The van der Waals surface area contributed by atoms with Gasteiger partial charge in [-0.2, -0.15) is 5.26 Å². The van der Waals surface area contributed by atoms with Crippen LogP contribution in [0.3, 0.4) is 0 Å². The number of aryl methyl sites for hydroxylation is 1. The predicted molar refractivity (Wildman–Crippen MR) is 124 cm³/mol. The molecule has 1 saturated heterocycles. The van der Waals surface area contributed by atoms with Gasteiger partial charge < -0.3 is 9.64 Å². The molecule has 9 nitrogen and oxygen atoms in total. The van der Waals surface area contributed by atoms with Crippen LogP contribution in [0.1, 0.15) is 52.9 Å². The van der Waals surface area contributed by atoms with E-state index in [1.165, 1.54) is 6.07 Å². The molecule has 2 heterocycles. The third-order valence-electron chi connectivity index (χ3n) is 5.95. The van der Waals surface area contributed by atoms with Crippen molar-refractivity contribution < 1.29 is 22.7 Å². The molecule has 1 aliphatic carbocycles. The molecule has 0 radical (unpaired) electrons. The molecule has 1 saturated carbocycles. The van der Waals surface area contributed by atoms with E-state index in [0.29, 0.717) is 43.0 Å². The fourth-order valence-corrected chi connectivity index (χ4v) is 5.12. The zero-order chi connectivity index (χ0) is 24.3. The van der Waals surface area contributed by atoms with Crippen LogP contribution < -0.4 is 9.62 Å². The highest BCUT2D eigenvalue weighted by atomic mass is 32.2. The highest BCUT2D eigenvalue weighted by molar-refractivity contribution is 7.89. The van der Waals surface area contributed by atoms with E-state index in [9.17, 15) is 23.3 Å². The first-order valence-electron chi connectivity index (χ1n) is 11.2. The minimum Gasteiger partial charge on any atom is -0.459 e. The Bertz CT molecular complexity index is 1230. The summed E-state index contributed by atoms with van der Waals surface area (Å²) < 4.78 is 32.3. The molecular formula is C24H26N4O5S. The van der Waals surface area contributed by atoms with Gasteiger partial charge in [-0.25, -0.2) is 18.2 Å². The SMILES string of the molecule is Cc1nc(N2CCC(C(=O)NS(=O)(=O)Cc3ccccc3)CC2)c(C#N)cc1C(=O)OC1CC1. The maximum atomic E-state index is 12.6. The first kappa shape index (κ1) is 23.7. The van der Waals surface area contributed by atoms with Crippen LogP contribution in [0.4, 0.5) is 5.82 Å². The summed E-state index contributed by atoms with van der Waals surface area (Å²) in [5, 5.41) is 9.63. The Labute approximate surface area is 198 Å². The monoisotopic (exact) mass is 482 g/mol. The number of hydrogen-bond donors (Lipinski definition) is 1. The Kier molecular flexibility index (Phi) is 6.84. The number of nitriles is 1. The highest BCUT2D eigenvalue weighted by Gasteiger charge is 2.31. The fraction of sp³-hybridized carbons (Fsp3) is 0.417. The zero-order valence-electron chi connectivity index (χ0n) is 18.9. The van der Waals surface area contributed by atoms with Crippen molar-refractivity contribution in [3.05, 3.63) is 58.8 Å². The van der Waals surface area contributed by atoms with Crippen molar-refractivity contribution in [1.82, 2.24) is 9.71 Å². The lowest BCUT2D eigenvalue weighted by Crippen LogP contribution is -2.43. The van der Waals surface area contributed by atoms with E-state index in [-0.39, 0.29) is 23.0 Å². The van der Waals surface area contributed by atoms with E-state index in [1.807, 2.05) is 4.90 Å². The summed E-state index contributed by atoms with van der Waals surface area (Å²) >= 11 is 0. The number of nitrogens with zero attached hydrogens (tertiary/aromatic N) is 3. The first-order chi connectivity index (χ1) is 16.3. The van der Waals surface area contributed by atoms with Gasteiger partial charge in [0.1, 0.15) is 18.0 Å². The molecule has 4 rings (SSSR count). The molecular weight excluding hydrogens is 456 g/mol. The lowest BCUT2D eigenvalue weighted by atomic mass is 9.96. The number of pyridine rings is 1. The standard InChI is InChI=1S/C24H26N4O5S/c1-16-21(24(30)33-20-7-8-20)13-19(14-25)22(26-16)28-11-9-18(10-12-28)23(29)27-34(31,32)15-17-5-3-2-4-6-17/h2-6,13,18,20H,7-12,15H2,1H3,(H,27,29). The van der Waals surface area contributed by atoms with Gasteiger partial charge in [-0.1, -0.05) is 30.3 Å². The molecule has 1 aliphatic heterocycles. The lowest BCUT2D eigenvalue weighted by molar-refractivity contribution is -0.123. The predicted octanol–water partition coefficient (Wildman–Crippen LogP) is 2.44. The van der Waals surface area contributed by atoms with E-state index < -0.39 is 27.8 Å². The molecule has 1 amide bonds. The topological polar surface area (TPSA) is 129 Å². The number of nitrogens with one attached hydrogen (secondary N) is 1. The number of esters is 1. The van der Waals surface area contributed by atoms with Crippen molar-refractivity contribution in [2.75, 3.05) is 18.0 Å². The summed E-state index contributed by atoms with van der Waals surface area (Å²) in [6, 6.07) is 12.3. The average molecular weight is 483 g/mol. The van der Waals surface area contributed by atoms with Crippen molar-refractivity contribution in [2.45, 2.75) is 44.5 Å². The van der Waals surface area contributed by atoms with Crippen molar-refractivity contribution in [3.8, 4) is 6.07 Å². The summed E-state index contributed by atoms with van der Waals surface area (Å²) in [4.78, 5) is 31.3. The smallest absolute Gasteiger partial charge is 0.340 e. The van der Waals surface area contributed by atoms with Gasteiger partial charge >= 0.3 is 5.97 Å². The summed E-state index contributed by atoms with van der Waals surface area (Å²) in [5.74, 6) is -1.25. The Balaban J connectivity index is 1.38. The fourth-order valence-electron chi connectivity index (χ4n) is 3.94.